The quantitative estimate of drug-likeness (QED) is 0.656. The topological polar surface area (TPSA) is 40.6 Å². The van der Waals surface area contributed by atoms with Crippen molar-refractivity contribution < 1.29 is 14.2 Å². The summed E-state index contributed by atoms with van der Waals surface area (Å²) in [6, 6.07) is 8.03. The molecule has 4 rings (SSSR count). The molecule has 1 aromatic heterocycles. The minimum absolute atomic E-state index is 0.442. The van der Waals surface area contributed by atoms with Gasteiger partial charge in [-0.1, -0.05) is 39.7 Å². The van der Waals surface area contributed by atoms with Crippen LogP contribution >= 0.6 is 27.5 Å². The molecule has 0 atom stereocenters. The second kappa shape index (κ2) is 6.73. The Balaban J connectivity index is 1.74. The summed E-state index contributed by atoms with van der Waals surface area (Å²) in [5.74, 6) is 0.442. The molecule has 1 aliphatic carbocycles. The standard InChI is InChI=1S/C19H15BrClNO3/c1-23-18-14(19-24-7-8-25-19)10-16(21)17(22-18)9-11-5-6-13-12(11)3-2-4-15(13)20/h2-4,7-10,19H,5-6H2,1H3/b11-9+. The second-order valence-electron chi connectivity index (χ2n) is 5.77. The van der Waals surface area contributed by atoms with Gasteiger partial charge < -0.3 is 14.2 Å². The molecule has 0 saturated carbocycles. The Morgan fingerprint density at radius 3 is 2.84 bits per heavy atom. The summed E-state index contributed by atoms with van der Waals surface area (Å²) in [4.78, 5) is 4.56. The number of methoxy groups -OCH3 is 1. The fourth-order valence-electron chi connectivity index (χ4n) is 3.14. The first-order valence-corrected chi connectivity index (χ1v) is 9.03. The van der Waals surface area contributed by atoms with Gasteiger partial charge in [-0.3, -0.25) is 0 Å². The van der Waals surface area contributed by atoms with E-state index < -0.39 is 6.29 Å². The second-order valence-corrected chi connectivity index (χ2v) is 7.03. The first-order valence-electron chi connectivity index (χ1n) is 7.86. The highest BCUT2D eigenvalue weighted by atomic mass is 79.9. The van der Waals surface area contributed by atoms with E-state index in [4.69, 9.17) is 25.8 Å². The maximum absolute atomic E-state index is 6.47. The van der Waals surface area contributed by atoms with Gasteiger partial charge in [-0.05, 0) is 47.8 Å². The molecule has 1 aromatic carbocycles. The zero-order chi connectivity index (χ0) is 17.4. The van der Waals surface area contributed by atoms with Crippen LogP contribution in [-0.4, -0.2) is 12.1 Å². The molecule has 6 heteroatoms. The van der Waals surface area contributed by atoms with E-state index in [-0.39, 0.29) is 0 Å². The number of hydrogen-bond donors (Lipinski definition) is 0. The minimum Gasteiger partial charge on any atom is -0.481 e. The third-order valence-electron chi connectivity index (χ3n) is 4.32. The van der Waals surface area contributed by atoms with Crippen LogP contribution in [0.15, 0.2) is 41.3 Å². The van der Waals surface area contributed by atoms with Crippen LogP contribution in [0.3, 0.4) is 0 Å². The van der Waals surface area contributed by atoms with Crippen LogP contribution in [0.4, 0.5) is 0 Å². The Bertz CT molecular complexity index is 886. The first kappa shape index (κ1) is 16.5. The zero-order valence-corrected chi connectivity index (χ0v) is 15.8. The van der Waals surface area contributed by atoms with Gasteiger partial charge in [0.25, 0.3) is 6.29 Å². The smallest absolute Gasteiger partial charge is 0.271 e. The average Bonchev–Trinajstić information content (AvgIpc) is 3.27. The molecular weight excluding hydrogens is 406 g/mol. The van der Waals surface area contributed by atoms with Crippen molar-refractivity contribution in [2.24, 2.45) is 0 Å². The first-order chi connectivity index (χ1) is 12.2. The molecule has 0 bridgehead atoms. The predicted molar refractivity (Wildman–Crippen MR) is 100 cm³/mol. The lowest BCUT2D eigenvalue weighted by Gasteiger charge is -2.15. The van der Waals surface area contributed by atoms with Crippen molar-refractivity contribution in [2.45, 2.75) is 19.1 Å². The molecule has 2 aromatic rings. The number of benzene rings is 1. The van der Waals surface area contributed by atoms with E-state index in [0.717, 1.165) is 17.3 Å². The summed E-state index contributed by atoms with van der Waals surface area (Å²) in [7, 11) is 1.57. The number of ether oxygens (including phenoxy) is 3. The predicted octanol–water partition coefficient (Wildman–Crippen LogP) is 5.51. The van der Waals surface area contributed by atoms with Crippen LogP contribution in [0.5, 0.6) is 5.88 Å². The summed E-state index contributed by atoms with van der Waals surface area (Å²) in [6.45, 7) is 0. The Kier molecular flexibility index (Phi) is 4.44. The summed E-state index contributed by atoms with van der Waals surface area (Å²) < 4.78 is 17.3. The summed E-state index contributed by atoms with van der Waals surface area (Å²) >= 11 is 10.1. The molecular formula is C19H15BrClNO3. The number of halogens is 2. The number of nitrogens with zero attached hydrogens (tertiary/aromatic N) is 1. The van der Waals surface area contributed by atoms with Gasteiger partial charge in [-0.25, -0.2) is 4.98 Å². The molecule has 0 fully saturated rings. The Hall–Kier alpha value is -1.98. The largest absolute Gasteiger partial charge is 0.481 e. The number of rotatable bonds is 3. The van der Waals surface area contributed by atoms with E-state index in [9.17, 15) is 0 Å². The molecule has 1 aliphatic heterocycles. The molecule has 25 heavy (non-hydrogen) atoms. The van der Waals surface area contributed by atoms with Crippen LogP contribution in [0.25, 0.3) is 11.6 Å². The summed E-state index contributed by atoms with van der Waals surface area (Å²) in [5.41, 5.74) is 5.12. The van der Waals surface area contributed by atoms with Crippen LogP contribution in [0, 0.1) is 0 Å². The van der Waals surface area contributed by atoms with Crippen LogP contribution < -0.4 is 4.74 Å². The third-order valence-corrected chi connectivity index (χ3v) is 5.37. The van der Waals surface area contributed by atoms with Crippen molar-refractivity contribution in [2.75, 3.05) is 7.11 Å². The highest BCUT2D eigenvalue weighted by Crippen LogP contribution is 2.39. The Labute approximate surface area is 159 Å². The molecule has 2 aliphatic rings. The molecule has 0 radical (unpaired) electrons. The van der Waals surface area contributed by atoms with Crippen molar-refractivity contribution in [3.63, 3.8) is 0 Å². The van der Waals surface area contributed by atoms with E-state index in [1.54, 1.807) is 13.2 Å². The monoisotopic (exact) mass is 419 g/mol. The molecule has 0 N–H and O–H groups in total. The van der Waals surface area contributed by atoms with E-state index >= 15 is 0 Å². The van der Waals surface area contributed by atoms with Crippen LogP contribution in [0.2, 0.25) is 5.02 Å². The van der Waals surface area contributed by atoms with Crippen molar-refractivity contribution in [3.05, 3.63) is 68.7 Å². The molecule has 0 amide bonds. The highest BCUT2D eigenvalue weighted by Gasteiger charge is 2.24. The Morgan fingerprint density at radius 2 is 2.08 bits per heavy atom. The molecule has 0 spiro atoms. The molecule has 0 unspecified atom stereocenters. The number of hydrogen-bond acceptors (Lipinski definition) is 4. The number of aromatic nitrogens is 1. The van der Waals surface area contributed by atoms with Gasteiger partial charge in [-0.15, -0.1) is 0 Å². The number of allylic oxidation sites excluding steroid dienone is 1. The average molecular weight is 421 g/mol. The van der Waals surface area contributed by atoms with Crippen LogP contribution in [0.1, 0.15) is 35.1 Å². The van der Waals surface area contributed by atoms with E-state index in [0.29, 0.717) is 22.2 Å². The number of fused-ring (bicyclic) bond motifs is 1. The van der Waals surface area contributed by atoms with E-state index in [2.05, 4.69) is 33.0 Å². The van der Waals surface area contributed by atoms with Gasteiger partial charge in [0.1, 0.15) is 12.5 Å². The zero-order valence-electron chi connectivity index (χ0n) is 13.5. The van der Waals surface area contributed by atoms with Gasteiger partial charge in [0.2, 0.25) is 5.88 Å². The van der Waals surface area contributed by atoms with E-state index in [1.807, 2.05) is 12.1 Å². The normalized spacial score (nSPS) is 17.5. The maximum atomic E-state index is 6.47. The van der Waals surface area contributed by atoms with Gasteiger partial charge >= 0.3 is 0 Å². The van der Waals surface area contributed by atoms with Crippen molar-refractivity contribution in [3.8, 4) is 5.88 Å². The van der Waals surface area contributed by atoms with Gasteiger partial charge in [0.05, 0.1) is 23.4 Å². The fraction of sp³-hybridized carbons (Fsp3) is 0.211. The molecule has 4 nitrogen and oxygen atoms in total. The summed E-state index contributed by atoms with van der Waals surface area (Å²) in [6.07, 6.45) is 6.39. The van der Waals surface area contributed by atoms with Crippen molar-refractivity contribution in [1.82, 2.24) is 4.98 Å². The van der Waals surface area contributed by atoms with Gasteiger partial charge in [0, 0.05) is 4.47 Å². The minimum atomic E-state index is -0.579. The molecule has 0 saturated heterocycles. The Morgan fingerprint density at radius 1 is 1.28 bits per heavy atom. The SMILES string of the molecule is COc1nc(/C=C2\CCc3c(Br)cccc32)c(Cl)cc1C1OC=CO1. The van der Waals surface area contributed by atoms with Crippen molar-refractivity contribution >= 4 is 39.2 Å². The highest BCUT2D eigenvalue weighted by molar-refractivity contribution is 9.10. The lowest BCUT2D eigenvalue weighted by Crippen LogP contribution is -2.04. The van der Waals surface area contributed by atoms with Gasteiger partial charge in [-0.2, -0.15) is 0 Å². The fourth-order valence-corrected chi connectivity index (χ4v) is 3.92. The van der Waals surface area contributed by atoms with E-state index in [1.165, 1.54) is 29.2 Å². The molecule has 2 heterocycles. The van der Waals surface area contributed by atoms with Crippen molar-refractivity contribution in [1.29, 1.82) is 0 Å². The maximum Gasteiger partial charge on any atom is 0.271 e. The van der Waals surface area contributed by atoms with Gasteiger partial charge in [0.15, 0.2) is 0 Å². The van der Waals surface area contributed by atoms with Crippen LogP contribution in [-0.2, 0) is 15.9 Å². The molecule has 128 valence electrons. The summed E-state index contributed by atoms with van der Waals surface area (Å²) in [5, 5.41) is 0.533. The lowest BCUT2D eigenvalue weighted by molar-refractivity contribution is -0.0265. The lowest BCUT2D eigenvalue weighted by atomic mass is 10.1. The number of pyridine rings is 1. The third kappa shape index (κ3) is 3.02.